The van der Waals surface area contributed by atoms with E-state index in [0.717, 1.165) is 13.0 Å². The summed E-state index contributed by atoms with van der Waals surface area (Å²) in [5.74, 6) is 1.03. The Balaban J connectivity index is 0.00000529. The molecular formula is C17H29FIN3O2. The van der Waals surface area contributed by atoms with Crippen molar-refractivity contribution in [3.8, 4) is 5.75 Å². The number of aliphatic imine (C=N–C) groups is 1. The summed E-state index contributed by atoms with van der Waals surface area (Å²) in [6.45, 7) is 7.93. The Morgan fingerprint density at radius 1 is 1.33 bits per heavy atom. The van der Waals surface area contributed by atoms with Gasteiger partial charge in [0.25, 0.3) is 0 Å². The summed E-state index contributed by atoms with van der Waals surface area (Å²) in [6.07, 6.45) is 0.701. The molecule has 0 saturated carbocycles. The highest BCUT2D eigenvalue weighted by Gasteiger charge is 2.10. The average Bonchev–Trinajstić information content (AvgIpc) is 2.55. The van der Waals surface area contributed by atoms with Gasteiger partial charge in [0, 0.05) is 25.8 Å². The molecule has 0 bridgehead atoms. The molecule has 0 heterocycles. The number of hydrogen-bond acceptors (Lipinski definition) is 3. The van der Waals surface area contributed by atoms with Gasteiger partial charge in [0.2, 0.25) is 0 Å². The highest BCUT2D eigenvalue weighted by Crippen LogP contribution is 2.14. The lowest BCUT2D eigenvalue weighted by Crippen LogP contribution is -2.42. The minimum atomic E-state index is -0.307. The third-order valence-corrected chi connectivity index (χ3v) is 3.27. The molecule has 0 saturated heterocycles. The first-order chi connectivity index (χ1) is 11.1. The molecule has 0 aliphatic rings. The fraction of sp³-hybridized carbons (Fsp3) is 0.588. The van der Waals surface area contributed by atoms with Crippen LogP contribution in [-0.2, 0) is 0 Å². The van der Waals surface area contributed by atoms with Crippen molar-refractivity contribution in [2.24, 2.45) is 10.9 Å². The van der Waals surface area contributed by atoms with E-state index in [2.05, 4.69) is 15.6 Å². The van der Waals surface area contributed by atoms with Gasteiger partial charge in [-0.2, -0.15) is 0 Å². The Hall–Kier alpha value is -1.09. The molecule has 24 heavy (non-hydrogen) atoms. The first-order valence-electron chi connectivity index (χ1n) is 8.14. The number of aliphatic hydroxyl groups is 1. The molecule has 2 atom stereocenters. The Morgan fingerprint density at radius 3 is 2.67 bits per heavy atom. The molecule has 0 radical (unpaired) electrons. The molecular weight excluding hydrogens is 424 g/mol. The minimum Gasteiger partial charge on any atom is -0.489 e. The van der Waals surface area contributed by atoms with Gasteiger partial charge in [-0.3, -0.25) is 4.99 Å². The zero-order valence-corrected chi connectivity index (χ0v) is 16.9. The van der Waals surface area contributed by atoms with Gasteiger partial charge in [0.15, 0.2) is 5.96 Å². The van der Waals surface area contributed by atoms with Crippen molar-refractivity contribution in [1.82, 2.24) is 10.6 Å². The van der Waals surface area contributed by atoms with Crippen LogP contribution in [0.1, 0.15) is 27.2 Å². The standard InChI is InChI=1S/C17H28FN3O2.HI/c1-4-15(23-16-8-6-7-14(18)9-16)11-21-17(19-5-2)20-10-13(3)12-22;/h6-9,13,15,22H,4-5,10-12H2,1-3H3,(H2,19,20,21);1H. The number of benzene rings is 1. The number of nitrogens with one attached hydrogen (secondary N) is 2. The van der Waals surface area contributed by atoms with E-state index < -0.39 is 0 Å². The van der Waals surface area contributed by atoms with Crippen LogP contribution in [0.2, 0.25) is 0 Å². The molecule has 0 aliphatic heterocycles. The Morgan fingerprint density at radius 2 is 2.08 bits per heavy atom. The topological polar surface area (TPSA) is 65.9 Å². The van der Waals surface area contributed by atoms with Gasteiger partial charge in [-0.25, -0.2) is 4.39 Å². The second kappa shape index (κ2) is 13.2. The number of rotatable bonds is 9. The highest BCUT2D eigenvalue weighted by molar-refractivity contribution is 14.0. The summed E-state index contributed by atoms with van der Waals surface area (Å²) >= 11 is 0. The SMILES string of the molecule is CCNC(=NCC(C)CO)NCC(CC)Oc1cccc(F)c1.I. The molecule has 1 aromatic carbocycles. The summed E-state index contributed by atoms with van der Waals surface area (Å²) < 4.78 is 19.0. The lowest BCUT2D eigenvalue weighted by molar-refractivity contribution is 0.198. The van der Waals surface area contributed by atoms with Gasteiger partial charge >= 0.3 is 0 Å². The lowest BCUT2D eigenvalue weighted by Gasteiger charge is -2.20. The van der Waals surface area contributed by atoms with Crippen molar-refractivity contribution < 1.29 is 14.2 Å². The molecule has 0 spiro atoms. The van der Waals surface area contributed by atoms with Gasteiger partial charge in [0.05, 0.1) is 6.54 Å². The molecule has 138 valence electrons. The van der Waals surface area contributed by atoms with E-state index in [9.17, 15) is 4.39 Å². The Labute approximate surface area is 161 Å². The second-order valence-electron chi connectivity index (χ2n) is 5.49. The first kappa shape index (κ1) is 22.9. The van der Waals surface area contributed by atoms with Crippen LogP contribution in [0.4, 0.5) is 4.39 Å². The van der Waals surface area contributed by atoms with Crippen LogP contribution < -0.4 is 15.4 Å². The summed E-state index contributed by atoms with van der Waals surface area (Å²) in [4.78, 5) is 4.43. The zero-order chi connectivity index (χ0) is 17.1. The van der Waals surface area contributed by atoms with Crippen LogP contribution in [0.25, 0.3) is 0 Å². The van der Waals surface area contributed by atoms with E-state index in [-0.39, 0.29) is 48.4 Å². The van der Waals surface area contributed by atoms with Crippen LogP contribution in [0, 0.1) is 11.7 Å². The monoisotopic (exact) mass is 453 g/mol. The average molecular weight is 453 g/mol. The highest BCUT2D eigenvalue weighted by atomic mass is 127. The van der Waals surface area contributed by atoms with Gasteiger partial charge in [-0.05, 0) is 31.4 Å². The van der Waals surface area contributed by atoms with E-state index in [1.54, 1.807) is 12.1 Å². The third kappa shape index (κ3) is 9.27. The van der Waals surface area contributed by atoms with E-state index in [0.29, 0.717) is 24.8 Å². The number of ether oxygens (including phenoxy) is 1. The van der Waals surface area contributed by atoms with Crippen molar-refractivity contribution in [2.45, 2.75) is 33.3 Å². The molecule has 1 rings (SSSR count). The normalized spacial score (nSPS) is 13.6. The van der Waals surface area contributed by atoms with Crippen LogP contribution in [0.3, 0.4) is 0 Å². The van der Waals surface area contributed by atoms with Gasteiger partial charge < -0.3 is 20.5 Å². The predicted molar refractivity (Wildman–Crippen MR) is 107 cm³/mol. The van der Waals surface area contributed by atoms with Crippen LogP contribution in [0.5, 0.6) is 5.75 Å². The van der Waals surface area contributed by atoms with Crippen LogP contribution in [-0.4, -0.2) is 43.4 Å². The predicted octanol–water partition coefficient (Wildman–Crippen LogP) is 2.78. The largest absolute Gasteiger partial charge is 0.489 e. The number of aliphatic hydroxyl groups excluding tert-OH is 1. The Bertz CT molecular complexity index is 489. The molecule has 5 nitrogen and oxygen atoms in total. The molecule has 7 heteroatoms. The maximum Gasteiger partial charge on any atom is 0.191 e. The van der Waals surface area contributed by atoms with Crippen molar-refractivity contribution in [2.75, 3.05) is 26.2 Å². The number of guanidine groups is 1. The van der Waals surface area contributed by atoms with Gasteiger partial charge in [-0.1, -0.05) is 19.9 Å². The van der Waals surface area contributed by atoms with Crippen molar-refractivity contribution in [1.29, 1.82) is 0 Å². The minimum absolute atomic E-state index is 0. The lowest BCUT2D eigenvalue weighted by atomic mass is 10.2. The van der Waals surface area contributed by atoms with Crippen LogP contribution in [0.15, 0.2) is 29.3 Å². The van der Waals surface area contributed by atoms with E-state index in [1.807, 2.05) is 20.8 Å². The van der Waals surface area contributed by atoms with Gasteiger partial charge in [-0.15, -0.1) is 24.0 Å². The van der Waals surface area contributed by atoms with E-state index in [1.165, 1.54) is 12.1 Å². The fourth-order valence-electron chi connectivity index (χ4n) is 1.86. The van der Waals surface area contributed by atoms with E-state index >= 15 is 0 Å². The van der Waals surface area contributed by atoms with Gasteiger partial charge in [0.1, 0.15) is 17.7 Å². The fourth-order valence-corrected chi connectivity index (χ4v) is 1.86. The van der Waals surface area contributed by atoms with Crippen molar-refractivity contribution >= 4 is 29.9 Å². The molecule has 0 aliphatic carbocycles. The van der Waals surface area contributed by atoms with E-state index in [4.69, 9.17) is 9.84 Å². The van der Waals surface area contributed by atoms with Crippen molar-refractivity contribution in [3.63, 3.8) is 0 Å². The maximum atomic E-state index is 13.2. The number of hydrogen-bond donors (Lipinski definition) is 3. The zero-order valence-electron chi connectivity index (χ0n) is 14.6. The molecule has 0 aromatic heterocycles. The summed E-state index contributed by atoms with van der Waals surface area (Å²) in [7, 11) is 0. The summed E-state index contributed by atoms with van der Waals surface area (Å²) in [6, 6.07) is 6.15. The molecule has 2 unspecified atom stereocenters. The Kier molecular flexibility index (Phi) is 12.6. The molecule has 0 amide bonds. The number of nitrogens with zero attached hydrogens (tertiary/aromatic N) is 1. The molecule has 1 aromatic rings. The maximum absolute atomic E-state index is 13.2. The van der Waals surface area contributed by atoms with Crippen LogP contribution >= 0.6 is 24.0 Å². The number of halogens is 2. The van der Waals surface area contributed by atoms with Crippen molar-refractivity contribution in [3.05, 3.63) is 30.1 Å². The summed E-state index contributed by atoms with van der Waals surface area (Å²) in [5.41, 5.74) is 0. The molecule has 3 N–H and O–H groups in total. The third-order valence-electron chi connectivity index (χ3n) is 3.27. The second-order valence-corrected chi connectivity index (χ2v) is 5.49. The smallest absolute Gasteiger partial charge is 0.191 e. The first-order valence-corrected chi connectivity index (χ1v) is 8.14. The summed E-state index contributed by atoms with van der Waals surface area (Å²) in [5, 5.41) is 15.4. The molecule has 0 fully saturated rings. The quantitative estimate of drug-likeness (QED) is 0.306.